The molecule has 0 bridgehead atoms. The zero-order valence-electron chi connectivity index (χ0n) is 9.65. The molecule has 6 heteroatoms. The second kappa shape index (κ2) is 7.10. The van der Waals surface area contributed by atoms with Gasteiger partial charge in [0.2, 0.25) is 10.0 Å². The maximum atomic E-state index is 11.6. The maximum absolute atomic E-state index is 11.6. The molecule has 0 aromatic heterocycles. The lowest BCUT2D eigenvalue weighted by Crippen LogP contribution is -2.26. The van der Waals surface area contributed by atoms with E-state index < -0.39 is 10.0 Å². The molecule has 0 unspecified atom stereocenters. The molecule has 96 valence electrons. The lowest BCUT2D eigenvalue weighted by molar-refractivity contribution is 0.199. The van der Waals surface area contributed by atoms with Crippen LogP contribution in [-0.2, 0) is 21.3 Å². The first kappa shape index (κ1) is 14.6. The molecule has 1 rings (SSSR count). The lowest BCUT2D eigenvalue weighted by Gasteiger charge is -2.06. The third kappa shape index (κ3) is 6.16. The zero-order valence-corrected chi connectivity index (χ0v) is 12.1. The minimum atomic E-state index is -3.20. The van der Waals surface area contributed by atoms with Crippen molar-refractivity contribution in [2.24, 2.45) is 0 Å². The number of hydrogen-bond acceptors (Lipinski definition) is 3. The number of ether oxygens (including phenoxy) is 1. The van der Waals surface area contributed by atoms with Gasteiger partial charge in [0.05, 0.1) is 5.75 Å². The highest BCUT2D eigenvalue weighted by molar-refractivity contribution is 9.10. The van der Waals surface area contributed by atoms with Crippen LogP contribution in [0.15, 0.2) is 28.7 Å². The van der Waals surface area contributed by atoms with Crippen LogP contribution in [0.2, 0.25) is 0 Å². The average molecular weight is 322 g/mol. The van der Waals surface area contributed by atoms with Crippen molar-refractivity contribution in [3.63, 3.8) is 0 Å². The summed E-state index contributed by atoms with van der Waals surface area (Å²) in [6.45, 7) is 0.780. The van der Waals surface area contributed by atoms with Crippen molar-refractivity contribution < 1.29 is 13.2 Å². The summed E-state index contributed by atoms with van der Waals surface area (Å²) in [6, 6.07) is 7.52. The largest absolute Gasteiger partial charge is 0.385 e. The number of benzene rings is 1. The Kier molecular flexibility index (Phi) is 6.11. The van der Waals surface area contributed by atoms with Gasteiger partial charge >= 0.3 is 0 Å². The van der Waals surface area contributed by atoms with Gasteiger partial charge in [-0.2, -0.15) is 0 Å². The Hall–Kier alpha value is -0.430. The number of sulfonamides is 1. The number of nitrogens with one attached hydrogen (secondary N) is 1. The van der Waals surface area contributed by atoms with Crippen LogP contribution < -0.4 is 4.72 Å². The summed E-state index contributed by atoms with van der Waals surface area (Å²) < 4.78 is 31.5. The summed E-state index contributed by atoms with van der Waals surface area (Å²) >= 11 is 3.33. The van der Waals surface area contributed by atoms with E-state index in [1.165, 1.54) is 0 Å². The van der Waals surface area contributed by atoms with E-state index in [0.29, 0.717) is 19.6 Å². The second-order valence-corrected chi connectivity index (χ2v) is 6.45. The van der Waals surface area contributed by atoms with E-state index in [1.807, 2.05) is 24.3 Å². The van der Waals surface area contributed by atoms with Gasteiger partial charge in [0.1, 0.15) is 0 Å². The van der Waals surface area contributed by atoms with Gasteiger partial charge in [-0.15, -0.1) is 0 Å². The molecule has 0 fully saturated rings. The molecule has 0 saturated carbocycles. The summed E-state index contributed by atoms with van der Waals surface area (Å²) in [6.07, 6.45) is 0.506. The molecule has 0 aliphatic heterocycles. The molecule has 0 aliphatic rings. The molecule has 0 atom stereocenters. The fourth-order valence-electron chi connectivity index (χ4n) is 1.26. The Morgan fingerprint density at radius 1 is 1.29 bits per heavy atom. The predicted molar refractivity (Wildman–Crippen MR) is 71.3 cm³/mol. The van der Waals surface area contributed by atoms with Gasteiger partial charge in [-0.05, 0) is 24.1 Å². The fourth-order valence-corrected chi connectivity index (χ4v) is 2.55. The van der Waals surface area contributed by atoms with E-state index >= 15 is 0 Å². The molecule has 1 aromatic carbocycles. The van der Waals surface area contributed by atoms with E-state index in [-0.39, 0.29) is 5.75 Å². The number of halogens is 1. The minimum Gasteiger partial charge on any atom is -0.385 e. The van der Waals surface area contributed by atoms with Gasteiger partial charge in [0.15, 0.2) is 0 Å². The quantitative estimate of drug-likeness (QED) is 0.780. The van der Waals surface area contributed by atoms with Crippen molar-refractivity contribution in [3.05, 3.63) is 34.3 Å². The molecule has 0 amide bonds. The van der Waals surface area contributed by atoms with Crippen molar-refractivity contribution in [1.29, 1.82) is 0 Å². The van der Waals surface area contributed by atoms with E-state index in [9.17, 15) is 8.42 Å². The van der Waals surface area contributed by atoms with Crippen LogP contribution in [0.1, 0.15) is 12.0 Å². The third-order valence-electron chi connectivity index (χ3n) is 2.17. The summed E-state index contributed by atoms with van der Waals surface area (Å²) in [5.41, 5.74) is 0.934. The summed E-state index contributed by atoms with van der Waals surface area (Å²) in [5.74, 6) is 0.0946. The molecular weight excluding hydrogens is 306 g/mol. The molecule has 0 radical (unpaired) electrons. The highest BCUT2D eigenvalue weighted by Gasteiger charge is 2.09. The molecule has 0 spiro atoms. The van der Waals surface area contributed by atoms with Gasteiger partial charge in [-0.3, -0.25) is 0 Å². The molecule has 17 heavy (non-hydrogen) atoms. The van der Waals surface area contributed by atoms with Crippen LogP contribution in [0.4, 0.5) is 0 Å². The maximum Gasteiger partial charge on any atom is 0.211 e. The first-order valence-corrected chi connectivity index (χ1v) is 7.69. The molecular formula is C11H16BrNO3S. The van der Waals surface area contributed by atoms with Crippen LogP contribution in [0.3, 0.4) is 0 Å². The second-order valence-electron chi connectivity index (χ2n) is 3.61. The monoisotopic (exact) mass is 321 g/mol. The Morgan fingerprint density at radius 2 is 1.94 bits per heavy atom. The minimum absolute atomic E-state index is 0.0946. The van der Waals surface area contributed by atoms with Crippen LogP contribution in [0.25, 0.3) is 0 Å². The van der Waals surface area contributed by atoms with Crippen LogP contribution in [0, 0.1) is 0 Å². The standard InChI is InChI=1S/C11H16BrNO3S/c1-16-7-2-8-17(14,15)13-9-10-3-5-11(12)6-4-10/h3-6,13H,2,7-9H2,1H3. The predicted octanol–water partition coefficient (Wildman–Crippen LogP) is 1.90. The van der Waals surface area contributed by atoms with Gasteiger partial charge in [-0.25, -0.2) is 13.1 Å². The van der Waals surface area contributed by atoms with E-state index in [4.69, 9.17) is 4.74 Å². The van der Waals surface area contributed by atoms with Crippen molar-refractivity contribution in [2.45, 2.75) is 13.0 Å². The van der Waals surface area contributed by atoms with Crippen molar-refractivity contribution >= 4 is 26.0 Å². The number of hydrogen-bond donors (Lipinski definition) is 1. The first-order valence-electron chi connectivity index (χ1n) is 5.24. The van der Waals surface area contributed by atoms with Gasteiger partial charge in [-0.1, -0.05) is 28.1 Å². The molecule has 4 nitrogen and oxygen atoms in total. The Bertz CT molecular complexity index is 431. The molecule has 1 aromatic rings. The van der Waals surface area contributed by atoms with Gasteiger partial charge < -0.3 is 4.74 Å². The smallest absolute Gasteiger partial charge is 0.211 e. The van der Waals surface area contributed by atoms with E-state index in [2.05, 4.69) is 20.7 Å². The summed E-state index contributed by atoms with van der Waals surface area (Å²) in [5, 5.41) is 0. The number of methoxy groups -OCH3 is 1. The average Bonchev–Trinajstić information content (AvgIpc) is 2.29. The number of rotatable bonds is 7. The summed E-state index contributed by atoms with van der Waals surface area (Å²) in [7, 11) is -1.65. The van der Waals surface area contributed by atoms with Crippen LogP contribution in [0.5, 0.6) is 0 Å². The lowest BCUT2D eigenvalue weighted by atomic mass is 10.2. The first-order chi connectivity index (χ1) is 8.03. The Balaban J connectivity index is 2.41. The Labute approximate surface area is 111 Å². The normalized spacial score (nSPS) is 11.6. The van der Waals surface area contributed by atoms with Crippen molar-refractivity contribution in [3.8, 4) is 0 Å². The SMILES string of the molecule is COCCCS(=O)(=O)NCc1ccc(Br)cc1. The van der Waals surface area contributed by atoms with Gasteiger partial charge in [0, 0.05) is 24.7 Å². The molecule has 0 saturated heterocycles. The van der Waals surface area contributed by atoms with Crippen LogP contribution >= 0.6 is 15.9 Å². The molecule has 1 N–H and O–H groups in total. The molecule has 0 aliphatic carbocycles. The third-order valence-corrected chi connectivity index (χ3v) is 4.11. The topological polar surface area (TPSA) is 55.4 Å². The van der Waals surface area contributed by atoms with Gasteiger partial charge in [0.25, 0.3) is 0 Å². The van der Waals surface area contributed by atoms with Crippen molar-refractivity contribution in [1.82, 2.24) is 4.72 Å². The van der Waals surface area contributed by atoms with E-state index in [1.54, 1.807) is 7.11 Å². The highest BCUT2D eigenvalue weighted by atomic mass is 79.9. The Morgan fingerprint density at radius 3 is 2.53 bits per heavy atom. The van der Waals surface area contributed by atoms with E-state index in [0.717, 1.165) is 10.0 Å². The molecule has 0 heterocycles. The van der Waals surface area contributed by atoms with Crippen molar-refractivity contribution in [2.75, 3.05) is 19.5 Å². The highest BCUT2D eigenvalue weighted by Crippen LogP contribution is 2.10. The van der Waals surface area contributed by atoms with Crippen LogP contribution in [-0.4, -0.2) is 27.9 Å². The zero-order chi connectivity index (χ0) is 12.7. The fraction of sp³-hybridized carbons (Fsp3) is 0.455. The summed E-state index contributed by atoms with van der Waals surface area (Å²) in [4.78, 5) is 0.